The fraction of sp³-hybridized carbons (Fsp3) is 0.0833. The van der Waals surface area contributed by atoms with Gasteiger partial charge in [0.05, 0.1) is 12.7 Å². The monoisotopic (exact) mass is 434 g/mol. The minimum Gasteiger partial charge on any atom is -0.465 e. The topological polar surface area (TPSA) is 86.7 Å². The molecule has 0 atom stereocenters. The zero-order valence-corrected chi connectivity index (χ0v) is 17.6. The fourth-order valence-electron chi connectivity index (χ4n) is 3.46. The summed E-state index contributed by atoms with van der Waals surface area (Å²) in [7, 11) is -2.95. The molecule has 0 saturated carbocycles. The zero-order chi connectivity index (χ0) is 22.2. The molecule has 0 unspecified atom stereocenters. The molecular formula is C24H18O6S. The van der Waals surface area contributed by atoms with E-state index in [0.717, 1.165) is 5.56 Å². The molecule has 6 nitrogen and oxygen atoms in total. The van der Waals surface area contributed by atoms with Gasteiger partial charge in [0.1, 0.15) is 4.90 Å². The van der Waals surface area contributed by atoms with E-state index in [1.807, 2.05) is 6.92 Å². The molecule has 0 N–H and O–H groups in total. The van der Waals surface area contributed by atoms with Crippen molar-refractivity contribution >= 4 is 26.9 Å². The largest absolute Gasteiger partial charge is 0.465 e. The molecule has 0 amide bonds. The maximum atomic E-state index is 12.7. The van der Waals surface area contributed by atoms with Crippen LogP contribution in [0.4, 0.5) is 0 Å². The van der Waals surface area contributed by atoms with E-state index in [1.54, 1.807) is 42.5 Å². The second-order valence-corrected chi connectivity index (χ2v) is 8.53. The van der Waals surface area contributed by atoms with Gasteiger partial charge in [0.2, 0.25) is 5.43 Å². The average molecular weight is 434 g/mol. The van der Waals surface area contributed by atoms with Crippen LogP contribution in [0.15, 0.2) is 82.5 Å². The number of hydrogen-bond donors (Lipinski definition) is 0. The quantitative estimate of drug-likeness (QED) is 0.354. The number of aryl methyl sites for hydroxylation is 1. The van der Waals surface area contributed by atoms with Gasteiger partial charge >= 0.3 is 16.1 Å². The predicted molar refractivity (Wildman–Crippen MR) is 117 cm³/mol. The van der Waals surface area contributed by atoms with Gasteiger partial charge < -0.3 is 8.92 Å². The Balaban J connectivity index is 1.96. The van der Waals surface area contributed by atoms with Crippen molar-refractivity contribution in [2.45, 2.75) is 11.8 Å². The standard InChI is InChI=1S/C24H18O6S/c1-15-8-10-16(11-9-15)31(27,28)30-22-14-20-17-6-4-3-5-7-18(17)23(24(26)29-2)19(20)12-13-21(22)25/h3-14H,1-2H3. The second kappa shape index (κ2) is 7.85. The number of carbonyl (C=O) groups is 1. The van der Waals surface area contributed by atoms with Gasteiger partial charge in [-0.3, -0.25) is 4.79 Å². The third kappa shape index (κ3) is 3.75. The molecule has 0 heterocycles. The summed E-state index contributed by atoms with van der Waals surface area (Å²) in [6.45, 7) is 1.83. The van der Waals surface area contributed by atoms with Crippen molar-refractivity contribution in [3.63, 3.8) is 0 Å². The van der Waals surface area contributed by atoms with Gasteiger partial charge in [0.15, 0.2) is 5.75 Å². The maximum Gasteiger partial charge on any atom is 0.339 e. The van der Waals surface area contributed by atoms with Crippen LogP contribution in [-0.4, -0.2) is 21.5 Å². The van der Waals surface area contributed by atoms with Crippen molar-refractivity contribution in [2.24, 2.45) is 0 Å². The number of carbonyl (C=O) groups excluding carboxylic acids is 1. The van der Waals surface area contributed by atoms with Crippen LogP contribution in [0.25, 0.3) is 21.9 Å². The average Bonchev–Trinajstić information content (AvgIpc) is 2.89. The van der Waals surface area contributed by atoms with Crippen molar-refractivity contribution in [2.75, 3.05) is 7.11 Å². The van der Waals surface area contributed by atoms with E-state index in [0.29, 0.717) is 27.5 Å². The Morgan fingerprint density at radius 2 is 1.52 bits per heavy atom. The van der Waals surface area contributed by atoms with Crippen molar-refractivity contribution < 1.29 is 22.1 Å². The van der Waals surface area contributed by atoms with Crippen LogP contribution < -0.4 is 9.61 Å². The lowest BCUT2D eigenvalue weighted by Gasteiger charge is -2.06. The number of methoxy groups -OCH3 is 1. The Hall–Kier alpha value is -3.71. The van der Waals surface area contributed by atoms with E-state index in [-0.39, 0.29) is 10.6 Å². The SMILES string of the molecule is COC(=O)c1c2cccccc-2c2cc(OS(=O)(=O)c3ccc(C)cc3)c(=O)ccc12. The fourth-order valence-corrected chi connectivity index (χ4v) is 4.39. The molecule has 0 fully saturated rings. The highest BCUT2D eigenvalue weighted by molar-refractivity contribution is 7.87. The Morgan fingerprint density at radius 3 is 2.19 bits per heavy atom. The third-order valence-electron chi connectivity index (χ3n) is 4.98. The summed E-state index contributed by atoms with van der Waals surface area (Å²) in [5, 5.41) is 0.968. The van der Waals surface area contributed by atoms with Crippen molar-refractivity contribution in [1.29, 1.82) is 0 Å². The van der Waals surface area contributed by atoms with E-state index in [4.69, 9.17) is 8.92 Å². The molecule has 0 saturated heterocycles. The van der Waals surface area contributed by atoms with Crippen molar-refractivity contribution in [3.8, 4) is 16.9 Å². The highest BCUT2D eigenvalue weighted by atomic mass is 32.2. The lowest BCUT2D eigenvalue weighted by atomic mass is 10.1. The van der Waals surface area contributed by atoms with Gasteiger partial charge in [0, 0.05) is 0 Å². The number of fused-ring (bicyclic) bond motifs is 3. The van der Waals surface area contributed by atoms with Crippen LogP contribution in [0.1, 0.15) is 15.9 Å². The van der Waals surface area contributed by atoms with Gasteiger partial charge in [-0.05, 0) is 59.2 Å². The minimum atomic E-state index is -4.22. The number of hydrogen-bond acceptors (Lipinski definition) is 6. The van der Waals surface area contributed by atoms with Crippen LogP contribution in [0.5, 0.6) is 5.75 Å². The molecular weight excluding hydrogens is 416 g/mol. The van der Waals surface area contributed by atoms with Crippen LogP contribution in [0.3, 0.4) is 0 Å². The maximum absolute atomic E-state index is 12.7. The summed E-state index contributed by atoms with van der Waals surface area (Å²) in [5.41, 5.74) is 1.84. The van der Waals surface area contributed by atoms with Gasteiger partial charge in [-0.1, -0.05) is 48.0 Å². The highest BCUT2D eigenvalue weighted by Gasteiger charge is 2.24. The van der Waals surface area contributed by atoms with E-state index in [2.05, 4.69) is 0 Å². The molecule has 156 valence electrons. The Bertz CT molecular complexity index is 1440. The summed E-state index contributed by atoms with van der Waals surface area (Å²) in [5.74, 6) is -0.912. The van der Waals surface area contributed by atoms with Crippen LogP contribution in [0.2, 0.25) is 0 Å². The summed E-state index contributed by atoms with van der Waals surface area (Å²) in [6.07, 6.45) is 0. The first-order chi connectivity index (χ1) is 14.8. The highest BCUT2D eigenvalue weighted by Crippen LogP contribution is 2.39. The number of ether oxygens (including phenoxy) is 1. The van der Waals surface area contributed by atoms with Gasteiger partial charge in [-0.2, -0.15) is 8.42 Å². The first-order valence-electron chi connectivity index (χ1n) is 9.40. The molecule has 0 aliphatic heterocycles. The molecule has 2 aliphatic carbocycles. The second-order valence-electron chi connectivity index (χ2n) is 6.99. The lowest BCUT2D eigenvalue weighted by molar-refractivity contribution is 0.0604. The molecule has 0 bridgehead atoms. The molecule has 7 heteroatoms. The number of esters is 1. The molecule has 2 aliphatic rings. The van der Waals surface area contributed by atoms with Gasteiger partial charge in [-0.15, -0.1) is 0 Å². The summed E-state index contributed by atoms with van der Waals surface area (Å²) in [6, 6.07) is 19.1. The van der Waals surface area contributed by atoms with Crippen LogP contribution in [-0.2, 0) is 14.9 Å². The summed E-state index contributed by atoms with van der Waals surface area (Å²) < 4.78 is 35.7. The molecule has 4 rings (SSSR count). The van der Waals surface area contributed by atoms with Crippen LogP contribution in [0, 0.1) is 6.92 Å². The summed E-state index contributed by atoms with van der Waals surface area (Å²) >= 11 is 0. The van der Waals surface area contributed by atoms with Crippen LogP contribution >= 0.6 is 0 Å². The lowest BCUT2D eigenvalue weighted by Crippen LogP contribution is -2.14. The first-order valence-corrected chi connectivity index (χ1v) is 10.8. The molecule has 0 aromatic heterocycles. The van der Waals surface area contributed by atoms with E-state index in [1.165, 1.54) is 37.4 Å². The van der Waals surface area contributed by atoms with Crippen molar-refractivity contribution in [3.05, 3.63) is 94.1 Å². The van der Waals surface area contributed by atoms with E-state index < -0.39 is 21.5 Å². The molecule has 31 heavy (non-hydrogen) atoms. The normalized spacial score (nSPS) is 11.4. The number of benzene rings is 1. The van der Waals surface area contributed by atoms with E-state index >= 15 is 0 Å². The molecule has 0 radical (unpaired) electrons. The zero-order valence-electron chi connectivity index (χ0n) is 16.8. The minimum absolute atomic E-state index is 0.0609. The van der Waals surface area contributed by atoms with Crippen molar-refractivity contribution in [1.82, 2.24) is 0 Å². The third-order valence-corrected chi connectivity index (χ3v) is 6.22. The molecule has 0 spiro atoms. The molecule has 2 aromatic rings. The first kappa shape index (κ1) is 20.6. The Labute approximate surface area is 179 Å². The number of rotatable bonds is 4. The Morgan fingerprint density at radius 1 is 0.839 bits per heavy atom. The Kier molecular flexibility index (Phi) is 5.20. The van der Waals surface area contributed by atoms with Gasteiger partial charge in [0.25, 0.3) is 0 Å². The van der Waals surface area contributed by atoms with E-state index in [9.17, 15) is 18.0 Å². The summed E-state index contributed by atoms with van der Waals surface area (Å²) in [4.78, 5) is 25.1. The molecule has 2 aromatic carbocycles. The predicted octanol–water partition coefficient (Wildman–Crippen LogP) is 4.17. The van der Waals surface area contributed by atoms with Gasteiger partial charge in [-0.25, -0.2) is 4.79 Å². The smallest absolute Gasteiger partial charge is 0.339 e.